The van der Waals surface area contributed by atoms with Crippen LogP contribution in [0.4, 0.5) is 0 Å². The smallest absolute Gasteiger partial charge is 0.243 e. The average molecular weight is 296 g/mol. The van der Waals surface area contributed by atoms with E-state index in [1.165, 1.54) is 4.31 Å². The third-order valence-corrected chi connectivity index (χ3v) is 5.21. The molecule has 1 aromatic rings. The van der Waals surface area contributed by atoms with Gasteiger partial charge in [-0.1, -0.05) is 18.2 Å². The molecule has 1 amide bonds. The Morgan fingerprint density at radius 3 is 2.55 bits per heavy atom. The van der Waals surface area contributed by atoms with Gasteiger partial charge < -0.3 is 5.32 Å². The van der Waals surface area contributed by atoms with Gasteiger partial charge in [0, 0.05) is 12.6 Å². The first-order valence-corrected chi connectivity index (χ1v) is 8.24. The van der Waals surface area contributed by atoms with E-state index in [0.717, 1.165) is 0 Å². The highest BCUT2D eigenvalue weighted by Crippen LogP contribution is 2.26. The Morgan fingerprint density at radius 2 is 1.95 bits per heavy atom. The first-order chi connectivity index (χ1) is 9.43. The molecule has 0 spiro atoms. The maximum absolute atomic E-state index is 12.6. The minimum atomic E-state index is -3.60. The van der Waals surface area contributed by atoms with E-state index in [9.17, 15) is 13.2 Å². The largest absolute Gasteiger partial charge is 0.353 e. The average Bonchev–Trinajstić information content (AvgIpc) is 2.89. The molecule has 1 atom stereocenters. The lowest BCUT2D eigenvalue weighted by Gasteiger charge is -2.24. The fourth-order valence-electron chi connectivity index (χ4n) is 2.40. The van der Waals surface area contributed by atoms with Crippen LogP contribution in [-0.2, 0) is 14.8 Å². The molecular formula is C14H20N2O3S. The van der Waals surface area contributed by atoms with Crippen molar-refractivity contribution in [3.05, 3.63) is 30.3 Å². The first kappa shape index (κ1) is 15.0. The molecule has 1 heterocycles. The summed E-state index contributed by atoms with van der Waals surface area (Å²) in [6, 6.07) is 7.67. The van der Waals surface area contributed by atoms with Crippen molar-refractivity contribution < 1.29 is 13.2 Å². The number of carbonyl (C=O) groups is 1. The monoisotopic (exact) mass is 296 g/mol. The molecule has 1 aliphatic rings. The zero-order chi connectivity index (χ0) is 14.8. The van der Waals surface area contributed by atoms with Gasteiger partial charge in [-0.25, -0.2) is 8.42 Å². The summed E-state index contributed by atoms with van der Waals surface area (Å²) >= 11 is 0. The van der Waals surface area contributed by atoms with Crippen molar-refractivity contribution in [1.29, 1.82) is 0 Å². The van der Waals surface area contributed by atoms with Crippen molar-refractivity contribution in [1.82, 2.24) is 9.62 Å². The molecule has 1 unspecified atom stereocenters. The highest BCUT2D eigenvalue weighted by atomic mass is 32.2. The van der Waals surface area contributed by atoms with Crippen LogP contribution in [0.25, 0.3) is 0 Å². The lowest BCUT2D eigenvalue weighted by atomic mass is 10.2. The zero-order valence-corrected chi connectivity index (χ0v) is 12.6. The summed E-state index contributed by atoms with van der Waals surface area (Å²) in [5.74, 6) is -0.211. The summed E-state index contributed by atoms with van der Waals surface area (Å²) in [4.78, 5) is 12.4. The Labute approximate surface area is 120 Å². The van der Waals surface area contributed by atoms with Crippen LogP contribution in [0, 0.1) is 0 Å². The number of nitrogens with zero attached hydrogens (tertiary/aromatic N) is 1. The summed E-state index contributed by atoms with van der Waals surface area (Å²) in [5, 5.41) is 2.79. The Kier molecular flexibility index (Phi) is 4.45. The molecular weight excluding hydrogens is 276 g/mol. The van der Waals surface area contributed by atoms with E-state index in [4.69, 9.17) is 0 Å². The van der Waals surface area contributed by atoms with E-state index in [-0.39, 0.29) is 16.8 Å². The van der Waals surface area contributed by atoms with Crippen molar-refractivity contribution in [2.24, 2.45) is 0 Å². The summed E-state index contributed by atoms with van der Waals surface area (Å²) in [5.41, 5.74) is 0. The van der Waals surface area contributed by atoms with Gasteiger partial charge in [-0.3, -0.25) is 4.79 Å². The van der Waals surface area contributed by atoms with Crippen LogP contribution < -0.4 is 5.32 Å². The van der Waals surface area contributed by atoms with Crippen LogP contribution >= 0.6 is 0 Å². The minimum absolute atomic E-state index is 0.00405. The maximum atomic E-state index is 12.6. The number of benzene rings is 1. The molecule has 0 bridgehead atoms. The lowest BCUT2D eigenvalue weighted by molar-refractivity contribution is -0.124. The highest BCUT2D eigenvalue weighted by molar-refractivity contribution is 7.89. The number of rotatable bonds is 4. The second-order valence-electron chi connectivity index (χ2n) is 5.25. The van der Waals surface area contributed by atoms with Gasteiger partial charge in [0.2, 0.25) is 15.9 Å². The molecule has 2 rings (SSSR count). The summed E-state index contributed by atoms with van der Waals surface area (Å²) in [6.45, 7) is 4.12. The quantitative estimate of drug-likeness (QED) is 0.912. The van der Waals surface area contributed by atoms with Gasteiger partial charge >= 0.3 is 0 Å². The molecule has 20 heavy (non-hydrogen) atoms. The Hall–Kier alpha value is -1.40. The van der Waals surface area contributed by atoms with Crippen LogP contribution in [0.5, 0.6) is 0 Å². The van der Waals surface area contributed by atoms with Crippen molar-refractivity contribution in [2.45, 2.75) is 43.7 Å². The molecule has 6 heteroatoms. The van der Waals surface area contributed by atoms with Gasteiger partial charge in [0.1, 0.15) is 6.04 Å². The Bertz CT molecular complexity index is 569. The van der Waals surface area contributed by atoms with Crippen molar-refractivity contribution in [2.75, 3.05) is 6.54 Å². The van der Waals surface area contributed by atoms with Gasteiger partial charge in [0.15, 0.2) is 0 Å². The highest BCUT2D eigenvalue weighted by Gasteiger charge is 2.39. The molecule has 1 fully saturated rings. The van der Waals surface area contributed by atoms with Gasteiger partial charge in [-0.2, -0.15) is 4.31 Å². The van der Waals surface area contributed by atoms with E-state index in [1.807, 2.05) is 13.8 Å². The topological polar surface area (TPSA) is 66.5 Å². The number of amides is 1. The van der Waals surface area contributed by atoms with Crippen LogP contribution in [0.15, 0.2) is 35.2 Å². The van der Waals surface area contributed by atoms with E-state index < -0.39 is 16.1 Å². The second-order valence-corrected chi connectivity index (χ2v) is 7.14. The van der Waals surface area contributed by atoms with Gasteiger partial charge in [-0.15, -0.1) is 0 Å². The summed E-state index contributed by atoms with van der Waals surface area (Å²) in [6.07, 6.45) is 1.28. The minimum Gasteiger partial charge on any atom is -0.353 e. The Balaban J connectivity index is 2.25. The molecule has 1 aliphatic heterocycles. The van der Waals surface area contributed by atoms with E-state index in [2.05, 4.69) is 5.32 Å². The number of carbonyl (C=O) groups excluding carboxylic acids is 1. The number of hydrogen-bond donors (Lipinski definition) is 1. The first-order valence-electron chi connectivity index (χ1n) is 6.80. The molecule has 0 aromatic heterocycles. The van der Waals surface area contributed by atoms with Crippen LogP contribution in [-0.4, -0.2) is 37.3 Å². The number of nitrogens with one attached hydrogen (secondary N) is 1. The van der Waals surface area contributed by atoms with E-state index >= 15 is 0 Å². The van der Waals surface area contributed by atoms with Crippen LogP contribution in [0.3, 0.4) is 0 Å². The third kappa shape index (κ3) is 3.02. The van der Waals surface area contributed by atoms with Crippen LogP contribution in [0.1, 0.15) is 26.7 Å². The second kappa shape index (κ2) is 5.93. The molecule has 0 aliphatic carbocycles. The van der Waals surface area contributed by atoms with Crippen LogP contribution in [0.2, 0.25) is 0 Å². The van der Waals surface area contributed by atoms with E-state index in [1.54, 1.807) is 30.3 Å². The fourth-order valence-corrected chi connectivity index (χ4v) is 4.08. The normalized spacial score (nSPS) is 20.2. The maximum Gasteiger partial charge on any atom is 0.243 e. The van der Waals surface area contributed by atoms with Crippen molar-refractivity contribution in [3.63, 3.8) is 0 Å². The molecule has 1 saturated heterocycles. The third-order valence-electron chi connectivity index (χ3n) is 3.29. The number of sulfonamides is 1. The predicted octanol–water partition coefficient (Wildman–Crippen LogP) is 1.36. The van der Waals surface area contributed by atoms with Gasteiger partial charge in [-0.05, 0) is 38.8 Å². The fraction of sp³-hybridized carbons (Fsp3) is 0.500. The predicted molar refractivity (Wildman–Crippen MR) is 76.6 cm³/mol. The van der Waals surface area contributed by atoms with Gasteiger partial charge in [0.25, 0.3) is 0 Å². The lowest BCUT2D eigenvalue weighted by Crippen LogP contribution is -2.47. The zero-order valence-electron chi connectivity index (χ0n) is 11.7. The molecule has 5 nitrogen and oxygen atoms in total. The van der Waals surface area contributed by atoms with E-state index in [0.29, 0.717) is 19.4 Å². The van der Waals surface area contributed by atoms with Crippen molar-refractivity contribution >= 4 is 15.9 Å². The summed E-state index contributed by atoms with van der Waals surface area (Å²) < 4.78 is 26.5. The number of hydrogen-bond acceptors (Lipinski definition) is 3. The molecule has 1 N–H and O–H groups in total. The molecule has 110 valence electrons. The molecule has 0 radical (unpaired) electrons. The molecule has 1 aromatic carbocycles. The summed E-state index contributed by atoms with van der Waals surface area (Å²) in [7, 11) is -3.60. The molecule has 0 saturated carbocycles. The van der Waals surface area contributed by atoms with Crippen molar-refractivity contribution in [3.8, 4) is 0 Å². The standard InChI is InChI=1S/C14H20N2O3S/c1-11(2)15-14(17)13-9-6-10-16(13)20(18,19)12-7-4-3-5-8-12/h3-5,7-8,11,13H,6,9-10H2,1-2H3,(H,15,17). The SMILES string of the molecule is CC(C)NC(=O)C1CCCN1S(=O)(=O)c1ccccc1. The Morgan fingerprint density at radius 1 is 1.30 bits per heavy atom. The van der Waals surface area contributed by atoms with Gasteiger partial charge in [0.05, 0.1) is 4.90 Å².